The average Bonchev–Trinajstić information content (AvgIpc) is 3.02. The van der Waals surface area contributed by atoms with E-state index in [2.05, 4.69) is 21.8 Å². The Morgan fingerprint density at radius 3 is 2.93 bits per heavy atom. The molecule has 0 amide bonds. The van der Waals surface area contributed by atoms with Gasteiger partial charge in [-0.2, -0.15) is 0 Å². The second kappa shape index (κ2) is 4.47. The van der Waals surface area contributed by atoms with E-state index in [1.165, 1.54) is 12.8 Å². The molecule has 15 heavy (non-hydrogen) atoms. The Balaban J connectivity index is 2.11. The zero-order valence-corrected chi connectivity index (χ0v) is 9.19. The third kappa shape index (κ3) is 2.58. The van der Waals surface area contributed by atoms with Gasteiger partial charge in [-0.05, 0) is 25.2 Å². The molecule has 0 radical (unpaired) electrons. The summed E-state index contributed by atoms with van der Waals surface area (Å²) < 4.78 is 0. The number of nitrogens with two attached hydrogens (primary N) is 1. The molecule has 2 rings (SSSR count). The van der Waals surface area contributed by atoms with Crippen molar-refractivity contribution in [2.75, 3.05) is 23.7 Å². The molecule has 4 heteroatoms. The lowest BCUT2D eigenvalue weighted by atomic mass is 10.3. The van der Waals surface area contributed by atoms with E-state index in [0.29, 0.717) is 5.69 Å². The molecular weight excluding hydrogens is 188 g/mol. The van der Waals surface area contributed by atoms with E-state index in [0.717, 1.165) is 31.2 Å². The van der Waals surface area contributed by atoms with E-state index >= 15 is 0 Å². The first kappa shape index (κ1) is 10.2. The van der Waals surface area contributed by atoms with Crippen LogP contribution in [0.2, 0.25) is 0 Å². The first-order valence-electron chi connectivity index (χ1n) is 5.61. The maximum absolute atomic E-state index is 5.88. The van der Waals surface area contributed by atoms with E-state index in [9.17, 15) is 0 Å². The van der Waals surface area contributed by atoms with Gasteiger partial charge in [0.2, 0.25) is 0 Å². The predicted molar refractivity (Wildman–Crippen MR) is 61.7 cm³/mol. The topological polar surface area (TPSA) is 55.0 Å². The highest BCUT2D eigenvalue weighted by atomic mass is 15.2. The van der Waals surface area contributed by atoms with Gasteiger partial charge in [-0.15, -0.1) is 0 Å². The van der Waals surface area contributed by atoms with Gasteiger partial charge in [0.05, 0.1) is 11.9 Å². The fourth-order valence-electron chi connectivity index (χ4n) is 1.76. The van der Waals surface area contributed by atoms with E-state index < -0.39 is 0 Å². The predicted octanol–water partition coefficient (Wildman–Crippen LogP) is 1.69. The van der Waals surface area contributed by atoms with Crippen LogP contribution in [0.25, 0.3) is 0 Å². The molecule has 1 aromatic heterocycles. The summed E-state index contributed by atoms with van der Waals surface area (Å²) in [6, 6.07) is 0. The van der Waals surface area contributed by atoms with Crippen LogP contribution in [0.15, 0.2) is 12.5 Å². The minimum atomic E-state index is 0.687. The van der Waals surface area contributed by atoms with E-state index in [-0.39, 0.29) is 0 Å². The van der Waals surface area contributed by atoms with Crippen molar-refractivity contribution in [1.29, 1.82) is 0 Å². The summed E-state index contributed by atoms with van der Waals surface area (Å²) in [7, 11) is 0. The van der Waals surface area contributed by atoms with E-state index in [1.807, 2.05) is 0 Å². The summed E-state index contributed by atoms with van der Waals surface area (Å²) in [5.41, 5.74) is 6.57. The fourth-order valence-corrected chi connectivity index (χ4v) is 1.76. The highest BCUT2D eigenvalue weighted by molar-refractivity contribution is 5.60. The molecular formula is C11H18N4. The number of aromatic nitrogens is 2. The summed E-state index contributed by atoms with van der Waals surface area (Å²) in [6.45, 7) is 4.30. The van der Waals surface area contributed by atoms with Crippen molar-refractivity contribution < 1.29 is 0 Å². The first-order valence-corrected chi connectivity index (χ1v) is 5.61. The van der Waals surface area contributed by atoms with Gasteiger partial charge in [0.25, 0.3) is 0 Å². The number of anilines is 2. The lowest BCUT2D eigenvalue weighted by Crippen LogP contribution is -2.28. The van der Waals surface area contributed by atoms with Crippen molar-refractivity contribution in [1.82, 2.24) is 9.97 Å². The van der Waals surface area contributed by atoms with Crippen LogP contribution in [0.4, 0.5) is 11.5 Å². The van der Waals surface area contributed by atoms with Gasteiger partial charge in [0.1, 0.15) is 6.33 Å². The third-order valence-electron chi connectivity index (χ3n) is 2.69. The van der Waals surface area contributed by atoms with Crippen molar-refractivity contribution in [2.45, 2.75) is 26.2 Å². The molecule has 1 heterocycles. The maximum atomic E-state index is 5.88. The molecule has 1 aliphatic rings. The minimum absolute atomic E-state index is 0.687. The Hall–Kier alpha value is -1.32. The van der Waals surface area contributed by atoms with E-state index in [4.69, 9.17) is 5.73 Å². The Morgan fingerprint density at radius 1 is 1.53 bits per heavy atom. The molecule has 0 bridgehead atoms. The molecule has 2 N–H and O–H groups in total. The van der Waals surface area contributed by atoms with Crippen molar-refractivity contribution in [2.24, 2.45) is 5.92 Å². The highest BCUT2D eigenvalue weighted by Gasteiger charge is 2.25. The first-order chi connectivity index (χ1) is 7.31. The van der Waals surface area contributed by atoms with Crippen LogP contribution >= 0.6 is 0 Å². The molecule has 0 aliphatic heterocycles. The molecule has 1 aliphatic carbocycles. The number of nitrogens with zero attached hydrogens (tertiary/aromatic N) is 3. The van der Waals surface area contributed by atoms with Crippen LogP contribution in [0.1, 0.15) is 26.2 Å². The van der Waals surface area contributed by atoms with Crippen LogP contribution in [-0.4, -0.2) is 23.1 Å². The van der Waals surface area contributed by atoms with Crippen molar-refractivity contribution in [3.05, 3.63) is 12.5 Å². The number of rotatable bonds is 5. The van der Waals surface area contributed by atoms with E-state index in [1.54, 1.807) is 12.5 Å². The monoisotopic (exact) mass is 206 g/mol. The van der Waals surface area contributed by atoms with Crippen LogP contribution in [0, 0.1) is 5.92 Å². The van der Waals surface area contributed by atoms with Crippen molar-refractivity contribution >= 4 is 11.5 Å². The Bertz CT molecular complexity index is 322. The summed E-state index contributed by atoms with van der Waals surface area (Å²) in [4.78, 5) is 10.5. The summed E-state index contributed by atoms with van der Waals surface area (Å²) in [5.74, 6) is 1.75. The average molecular weight is 206 g/mol. The SMILES string of the molecule is CCCN(CC1CC1)c1ncncc1N. The third-order valence-corrected chi connectivity index (χ3v) is 2.69. The largest absolute Gasteiger partial charge is 0.394 e. The molecule has 0 saturated heterocycles. The van der Waals surface area contributed by atoms with Gasteiger partial charge in [-0.1, -0.05) is 6.92 Å². The quantitative estimate of drug-likeness (QED) is 0.796. The zero-order valence-electron chi connectivity index (χ0n) is 9.19. The van der Waals surface area contributed by atoms with Crippen LogP contribution < -0.4 is 10.6 Å². The second-order valence-electron chi connectivity index (χ2n) is 4.19. The van der Waals surface area contributed by atoms with Gasteiger partial charge in [0, 0.05) is 13.1 Å². The lowest BCUT2D eigenvalue weighted by molar-refractivity contribution is 0.699. The highest BCUT2D eigenvalue weighted by Crippen LogP contribution is 2.32. The minimum Gasteiger partial charge on any atom is -0.394 e. The van der Waals surface area contributed by atoms with Gasteiger partial charge in [0.15, 0.2) is 5.82 Å². The number of hydrogen-bond donors (Lipinski definition) is 1. The van der Waals surface area contributed by atoms with Crippen LogP contribution in [0.5, 0.6) is 0 Å². The molecule has 1 saturated carbocycles. The Kier molecular flexibility index (Phi) is 3.04. The van der Waals surface area contributed by atoms with Crippen LogP contribution in [0.3, 0.4) is 0 Å². The Morgan fingerprint density at radius 2 is 2.33 bits per heavy atom. The van der Waals surface area contributed by atoms with Gasteiger partial charge >= 0.3 is 0 Å². The van der Waals surface area contributed by atoms with Crippen molar-refractivity contribution in [3.8, 4) is 0 Å². The summed E-state index contributed by atoms with van der Waals surface area (Å²) in [6.07, 6.45) is 7.08. The summed E-state index contributed by atoms with van der Waals surface area (Å²) in [5, 5.41) is 0. The normalized spacial score (nSPS) is 15.3. The molecule has 4 nitrogen and oxygen atoms in total. The van der Waals surface area contributed by atoms with Crippen LogP contribution in [-0.2, 0) is 0 Å². The molecule has 1 aromatic rings. The van der Waals surface area contributed by atoms with Crippen molar-refractivity contribution in [3.63, 3.8) is 0 Å². The smallest absolute Gasteiger partial charge is 0.155 e. The second-order valence-corrected chi connectivity index (χ2v) is 4.19. The zero-order chi connectivity index (χ0) is 10.7. The molecule has 0 unspecified atom stereocenters. The van der Waals surface area contributed by atoms with Gasteiger partial charge in [-0.3, -0.25) is 0 Å². The number of hydrogen-bond acceptors (Lipinski definition) is 4. The van der Waals surface area contributed by atoms with Gasteiger partial charge in [-0.25, -0.2) is 9.97 Å². The summed E-state index contributed by atoms with van der Waals surface area (Å²) >= 11 is 0. The standard InChI is InChI=1S/C11H18N4/c1-2-5-15(7-9-3-4-9)11-10(12)6-13-8-14-11/h6,8-9H,2-5,7,12H2,1H3. The molecule has 0 spiro atoms. The molecule has 0 aromatic carbocycles. The maximum Gasteiger partial charge on any atom is 0.155 e. The van der Waals surface area contributed by atoms with Gasteiger partial charge < -0.3 is 10.6 Å². The molecule has 1 fully saturated rings. The molecule has 0 atom stereocenters. The number of nitrogen functional groups attached to an aromatic ring is 1. The fraction of sp³-hybridized carbons (Fsp3) is 0.636. The molecule has 82 valence electrons. The Labute approximate surface area is 90.5 Å². The lowest BCUT2D eigenvalue weighted by Gasteiger charge is -2.23.